The number of halogens is 1. The molecule has 1 heterocycles. The molecule has 0 aliphatic carbocycles. The molecule has 3 aromatic carbocycles. The Bertz CT molecular complexity index is 1300. The van der Waals surface area contributed by atoms with Crippen LogP contribution in [-0.4, -0.2) is 40.1 Å². The molecule has 3 aromatic rings. The van der Waals surface area contributed by atoms with Crippen LogP contribution in [0.3, 0.4) is 0 Å². The Morgan fingerprint density at radius 3 is 2.31 bits per heavy atom. The zero-order valence-corrected chi connectivity index (χ0v) is 20.6. The number of amides is 2. The number of phenolic OH excluding ortho intramolecular Hbond substituents is 1. The number of nitrogens with zero attached hydrogens (tertiary/aromatic N) is 2. The van der Waals surface area contributed by atoms with Gasteiger partial charge in [0, 0.05) is 12.6 Å². The van der Waals surface area contributed by atoms with Crippen molar-refractivity contribution in [3.8, 4) is 11.5 Å². The Morgan fingerprint density at radius 1 is 1.00 bits per heavy atom. The molecule has 8 heteroatoms. The number of para-hydroxylation sites is 1. The molecule has 178 valence electrons. The minimum absolute atomic E-state index is 0.0921. The summed E-state index contributed by atoms with van der Waals surface area (Å²) in [6, 6.07) is 21.5. The van der Waals surface area contributed by atoms with Crippen LogP contribution in [0.4, 0.5) is 5.69 Å². The van der Waals surface area contributed by atoms with Crippen molar-refractivity contribution in [1.29, 1.82) is 0 Å². The average Bonchev–Trinajstić information content (AvgIpc) is 2.85. The first-order valence-corrected chi connectivity index (χ1v) is 11.9. The van der Waals surface area contributed by atoms with Crippen molar-refractivity contribution < 1.29 is 19.4 Å². The van der Waals surface area contributed by atoms with E-state index >= 15 is 0 Å². The molecule has 1 saturated heterocycles. The van der Waals surface area contributed by atoms with Crippen molar-refractivity contribution in [2.75, 3.05) is 18.1 Å². The molecule has 0 spiro atoms. The third-order valence-electron chi connectivity index (χ3n) is 5.49. The number of anilines is 1. The lowest BCUT2D eigenvalue weighted by Crippen LogP contribution is -2.57. The van der Waals surface area contributed by atoms with Crippen LogP contribution in [0.15, 0.2) is 78.4 Å². The SMILES string of the molecule is CCOc1cc(/C=C2/C(=O)N(CCc3ccccc3)C(=S)N(c3ccccc3)C2=O)c(Cl)cc1O. The standard InChI is InChI=1S/C27H23ClN2O4S/c1-2-34-24-16-19(22(28)17-23(24)31)15-21-25(32)29(14-13-18-9-5-3-6-10-18)27(35)30(26(21)33)20-11-7-4-8-12-20/h3-12,15-17,31H,2,13-14H2,1H3/b21-15-. The predicted octanol–water partition coefficient (Wildman–Crippen LogP) is 5.23. The second kappa shape index (κ2) is 10.7. The lowest BCUT2D eigenvalue weighted by atomic mass is 10.0. The van der Waals surface area contributed by atoms with E-state index in [9.17, 15) is 14.7 Å². The first kappa shape index (κ1) is 24.4. The van der Waals surface area contributed by atoms with E-state index in [2.05, 4.69) is 0 Å². The van der Waals surface area contributed by atoms with E-state index in [1.165, 1.54) is 28.0 Å². The van der Waals surface area contributed by atoms with Gasteiger partial charge in [-0.2, -0.15) is 0 Å². The summed E-state index contributed by atoms with van der Waals surface area (Å²) in [5, 5.41) is 10.4. The summed E-state index contributed by atoms with van der Waals surface area (Å²) < 4.78 is 5.44. The Hall–Kier alpha value is -3.68. The van der Waals surface area contributed by atoms with Gasteiger partial charge in [-0.25, -0.2) is 0 Å². The maximum Gasteiger partial charge on any atom is 0.270 e. The largest absolute Gasteiger partial charge is 0.504 e. The second-order valence-electron chi connectivity index (χ2n) is 7.78. The van der Waals surface area contributed by atoms with Gasteiger partial charge in [-0.3, -0.25) is 19.4 Å². The van der Waals surface area contributed by atoms with Crippen molar-refractivity contribution in [2.24, 2.45) is 0 Å². The van der Waals surface area contributed by atoms with Gasteiger partial charge < -0.3 is 9.84 Å². The molecule has 0 saturated carbocycles. The van der Waals surface area contributed by atoms with E-state index in [-0.39, 0.29) is 27.2 Å². The summed E-state index contributed by atoms with van der Waals surface area (Å²) in [4.78, 5) is 29.9. The zero-order valence-electron chi connectivity index (χ0n) is 19.0. The summed E-state index contributed by atoms with van der Waals surface area (Å²) in [6.07, 6.45) is 1.98. The topological polar surface area (TPSA) is 70.1 Å². The number of hydrogen-bond donors (Lipinski definition) is 1. The predicted molar refractivity (Wildman–Crippen MR) is 141 cm³/mol. The number of hydrogen-bond acceptors (Lipinski definition) is 5. The molecule has 35 heavy (non-hydrogen) atoms. The van der Waals surface area contributed by atoms with Crippen molar-refractivity contribution in [3.05, 3.63) is 94.5 Å². The minimum atomic E-state index is -0.552. The smallest absolute Gasteiger partial charge is 0.270 e. The lowest BCUT2D eigenvalue weighted by Gasteiger charge is -2.36. The highest BCUT2D eigenvalue weighted by Crippen LogP contribution is 2.35. The van der Waals surface area contributed by atoms with Crippen molar-refractivity contribution >= 4 is 52.5 Å². The van der Waals surface area contributed by atoms with E-state index in [0.29, 0.717) is 30.8 Å². The van der Waals surface area contributed by atoms with Gasteiger partial charge in [0.1, 0.15) is 5.57 Å². The molecule has 1 N–H and O–H groups in total. The van der Waals surface area contributed by atoms with Crippen LogP contribution in [-0.2, 0) is 16.0 Å². The Labute approximate surface area is 214 Å². The highest BCUT2D eigenvalue weighted by Gasteiger charge is 2.40. The summed E-state index contributed by atoms with van der Waals surface area (Å²) in [6.45, 7) is 2.40. The maximum absolute atomic E-state index is 13.6. The van der Waals surface area contributed by atoms with Crippen LogP contribution in [0.2, 0.25) is 5.02 Å². The Kier molecular flexibility index (Phi) is 7.48. The van der Waals surface area contributed by atoms with Gasteiger partial charge in [-0.05, 0) is 61.0 Å². The first-order valence-electron chi connectivity index (χ1n) is 11.1. The molecular formula is C27H23ClN2O4S. The van der Waals surface area contributed by atoms with Gasteiger partial charge in [-0.15, -0.1) is 0 Å². The number of ether oxygens (including phenoxy) is 1. The van der Waals surface area contributed by atoms with Crippen LogP contribution < -0.4 is 9.64 Å². The number of carbonyl (C=O) groups excluding carboxylic acids is 2. The number of aromatic hydroxyl groups is 1. The highest BCUT2D eigenvalue weighted by atomic mass is 35.5. The molecule has 4 rings (SSSR count). The van der Waals surface area contributed by atoms with Crippen LogP contribution in [0.1, 0.15) is 18.1 Å². The van der Waals surface area contributed by atoms with Crippen molar-refractivity contribution in [2.45, 2.75) is 13.3 Å². The molecule has 0 radical (unpaired) electrons. The molecule has 0 bridgehead atoms. The summed E-state index contributed by atoms with van der Waals surface area (Å²) in [5.41, 5.74) is 1.87. The summed E-state index contributed by atoms with van der Waals surface area (Å²) >= 11 is 12.0. The normalized spacial score (nSPS) is 15.1. The van der Waals surface area contributed by atoms with Crippen LogP contribution in [0, 0.1) is 0 Å². The number of benzene rings is 3. The molecule has 0 unspecified atom stereocenters. The fourth-order valence-electron chi connectivity index (χ4n) is 3.76. The van der Waals surface area contributed by atoms with Gasteiger partial charge in [0.15, 0.2) is 16.6 Å². The molecule has 0 atom stereocenters. The molecule has 6 nitrogen and oxygen atoms in total. The third-order valence-corrected chi connectivity index (χ3v) is 6.22. The van der Waals surface area contributed by atoms with Gasteiger partial charge in [0.2, 0.25) is 0 Å². The van der Waals surface area contributed by atoms with Crippen LogP contribution in [0.25, 0.3) is 6.08 Å². The first-order chi connectivity index (χ1) is 16.9. The molecule has 1 aliphatic heterocycles. The average molecular weight is 507 g/mol. The maximum atomic E-state index is 13.6. The summed E-state index contributed by atoms with van der Waals surface area (Å²) in [7, 11) is 0. The number of phenols is 1. The van der Waals surface area contributed by atoms with E-state index in [1.54, 1.807) is 31.2 Å². The van der Waals surface area contributed by atoms with Gasteiger partial charge in [0.05, 0.1) is 17.3 Å². The second-order valence-corrected chi connectivity index (χ2v) is 8.56. The Balaban J connectivity index is 1.76. The van der Waals surface area contributed by atoms with E-state index < -0.39 is 11.8 Å². The van der Waals surface area contributed by atoms with Gasteiger partial charge in [0.25, 0.3) is 11.8 Å². The number of rotatable bonds is 7. The molecule has 1 aliphatic rings. The highest BCUT2D eigenvalue weighted by molar-refractivity contribution is 7.80. The fourth-order valence-corrected chi connectivity index (χ4v) is 4.33. The summed E-state index contributed by atoms with van der Waals surface area (Å²) in [5.74, 6) is -0.984. The van der Waals surface area contributed by atoms with Gasteiger partial charge >= 0.3 is 0 Å². The van der Waals surface area contributed by atoms with Crippen LogP contribution in [0.5, 0.6) is 11.5 Å². The van der Waals surface area contributed by atoms with E-state index in [4.69, 9.17) is 28.6 Å². The van der Waals surface area contributed by atoms with E-state index in [1.807, 2.05) is 36.4 Å². The van der Waals surface area contributed by atoms with Crippen molar-refractivity contribution in [1.82, 2.24) is 4.90 Å². The van der Waals surface area contributed by atoms with Gasteiger partial charge in [-0.1, -0.05) is 60.1 Å². The lowest BCUT2D eigenvalue weighted by molar-refractivity contribution is -0.127. The molecular weight excluding hydrogens is 484 g/mol. The minimum Gasteiger partial charge on any atom is -0.504 e. The monoisotopic (exact) mass is 506 g/mol. The van der Waals surface area contributed by atoms with Crippen molar-refractivity contribution in [3.63, 3.8) is 0 Å². The zero-order chi connectivity index (χ0) is 24.9. The quantitative estimate of drug-likeness (QED) is 0.270. The number of carbonyl (C=O) groups is 2. The van der Waals surface area contributed by atoms with Crippen LogP contribution >= 0.6 is 23.8 Å². The Morgan fingerprint density at radius 2 is 1.66 bits per heavy atom. The fraction of sp³-hybridized carbons (Fsp3) is 0.148. The third kappa shape index (κ3) is 5.21. The molecule has 0 aromatic heterocycles. The van der Waals surface area contributed by atoms with E-state index in [0.717, 1.165) is 5.56 Å². The molecule has 2 amide bonds. The number of thiocarbonyl (C=S) groups is 1. The molecule has 1 fully saturated rings.